The van der Waals surface area contributed by atoms with Crippen LogP contribution in [-0.4, -0.2) is 19.4 Å². The molecule has 0 N–H and O–H groups in total. The van der Waals surface area contributed by atoms with Crippen LogP contribution in [0.2, 0.25) is 0 Å². The fraction of sp³-hybridized carbons (Fsp3) is 0.158. The zero-order valence-electron chi connectivity index (χ0n) is 15.6. The average Bonchev–Trinajstić information content (AvgIpc) is 2.73. The van der Waals surface area contributed by atoms with Gasteiger partial charge in [-0.15, -0.1) is 0 Å². The third-order valence-electron chi connectivity index (χ3n) is 4.40. The van der Waals surface area contributed by atoms with E-state index in [1.165, 1.54) is 12.1 Å². The van der Waals surface area contributed by atoms with E-state index in [0.717, 1.165) is 11.8 Å². The van der Waals surface area contributed by atoms with Crippen molar-refractivity contribution < 1.29 is 9.85 Å². The highest BCUT2D eigenvalue weighted by molar-refractivity contribution is 9.10. The molecule has 0 unspecified atom stereocenters. The van der Waals surface area contributed by atoms with Crippen LogP contribution in [0, 0.1) is 27.2 Å². The second-order valence-electron chi connectivity index (χ2n) is 6.25. The first-order chi connectivity index (χ1) is 14.3. The van der Waals surface area contributed by atoms with E-state index in [4.69, 9.17) is 0 Å². The minimum Gasteiger partial charge on any atom is -0.319 e. The lowest BCUT2D eigenvalue weighted by Gasteiger charge is -2.16. The highest BCUT2D eigenvalue weighted by Gasteiger charge is 2.19. The number of nitrogens with zero attached hydrogens (tertiary/aromatic N) is 4. The fourth-order valence-corrected chi connectivity index (χ4v) is 4.19. The number of nitro groups is 2. The summed E-state index contributed by atoms with van der Waals surface area (Å²) in [6.45, 7) is 1.82. The summed E-state index contributed by atoms with van der Waals surface area (Å²) in [6, 6.07) is 12.7. The summed E-state index contributed by atoms with van der Waals surface area (Å²) in [5.74, 6) is 0.210. The van der Waals surface area contributed by atoms with Crippen molar-refractivity contribution in [1.29, 1.82) is 0 Å². The second kappa shape index (κ2) is 9.18. The third kappa shape index (κ3) is 4.57. The summed E-state index contributed by atoms with van der Waals surface area (Å²) in [4.78, 5) is 38.0. The third-order valence-corrected chi connectivity index (χ3v) is 6.34. The van der Waals surface area contributed by atoms with Gasteiger partial charge >= 0.3 is 0 Å². The van der Waals surface area contributed by atoms with Crippen molar-refractivity contribution in [2.45, 2.75) is 24.4 Å². The van der Waals surface area contributed by atoms with Gasteiger partial charge in [0.1, 0.15) is 4.47 Å². The molecule has 0 spiro atoms. The summed E-state index contributed by atoms with van der Waals surface area (Å²) >= 11 is 4.38. The molecule has 0 aliphatic carbocycles. The molecule has 0 atom stereocenters. The molecule has 0 aliphatic heterocycles. The SMILES string of the molecule is Cc1c(Br)c(=O)nc(SCc2ccccc2[N+](=O)[O-])n1Cc1ccccc1[N+](=O)[O-]. The van der Waals surface area contributed by atoms with Gasteiger partial charge in [0.05, 0.1) is 16.4 Å². The maximum absolute atomic E-state index is 12.2. The summed E-state index contributed by atoms with van der Waals surface area (Å²) in [6.07, 6.45) is 0. The Morgan fingerprint density at radius 3 is 2.13 bits per heavy atom. The van der Waals surface area contributed by atoms with Crippen LogP contribution in [0.3, 0.4) is 0 Å². The quantitative estimate of drug-likeness (QED) is 0.207. The molecule has 11 heteroatoms. The zero-order chi connectivity index (χ0) is 21.8. The smallest absolute Gasteiger partial charge is 0.288 e. The first-order valence-electron chi connectivity index (χ1n) is 8.64. The molecule has 0 aliphatic rings. The van der Waals surface area contributed by atoms with Gasteiger partial charge in [-0.1, -0.05) is 48.2 Å². The standard InChI is InChI=1S/C19H15BrN4O5S/c1-12-17(20)18(25)21-19(30-11-14-7-3-5-9-16(14)24(28)29)22(12)10-13-6-2-4-8-15(13)23(26)27/h2-9H,10-11H2,1H3. The molecule has 0 saturated heterocycles. The van der Waals surface area contributed by atoms with Gasteiger partial charge in [0.2, 0.25) is 0 Å². The van der Waals surface area contributed by atoms with Crippen molar-refractivity contribution in [2.75, 3.05) is 0 Å². The van der Waals surface area contributed by atoms with Crippen LogP contribution in [0.5, 0.6) is 0 Å². The molecule has 1 aromatic heterocycles. The molecule has 0 saturated carbocycles. The molecule has 3 aromatic rings. The van der Waals surface area contributed by atoms with Gasteiger partial charge in [-0.05, 0) is 22.9 Å². The summed E-state index contributed by atoms with van der Waals surface area (Å²) in [5.41, 5.74) is 0.956. The van der Waals surface area contributed by atoms with E-state index in [9.17, 15) is 25.0 Å². The fourth-order valence-electron chi connectivity index (χ4n) is 2.86. The van der Waals surface area contributed by atoms with Crippen LogP contribution < -0.4 is 5.56 Å². The predicted octanol–water partition coefficient (Wildman–Crippen LogP) is 4.47. The van der Waals surface area contributed by atoms with Crippen LogP contribution in [0.4, 0.5) is 11.4 Å². The van der Waals surface area contributed by atoms with Crippen LogP contribution in [0.1, 0.15) is 16.8 Å². The molecule has 0 radical (unpaired) electrons. The Morgan fingerprint density at radius 2 is 1.53 bits per heavy atom. The number of rotatable bonds is 7. The van der Waals surface area contributed by atoms with E-state index in [2.05, 4.69) is 20.9 Å². The molecular weight excluding hydrogens is 476 g/mol. The maximum atomic E-state index is 12.2. The highest BCUT2D eigenvalue weighted by atomic mass is 79.9. The molecule has 0 bridgehead atoms. The topological polar surface area (TPSA) is 121 Å². The minimum absolute atomic E-state index is 0.0218. The number of aromatic nitrogens is 2. The van der Waals surface area contributed by atoms with Crippen LogP contribution in [0.15, 0.2) is 63.0 Å². The van der Waals surface area contributed by atoms with Crippen molar-refractivity contribution in [1.82, 2.24) is 9.55 Å². The Morgan fingerprint density at radius 1 is 1.00 bits per heavy atom. The molecule has 3 rings (SSSR count). The van der Waals surface area contributed by atoms with Crippen molar-refractivity contribution in [3.8, 4) is 0 Å². The number of thioether (sulfide) groups is 1. The number of benzene rings is 2. The van der Waals surface area contributed by atoms with E-state index in [0.29, 0.717) is 22.0 Å². The zero-order valence-corrected chi connectivity index (χ0v) is 18.1. The van der Waals surface area contributed by atoms with Crippen molar-refractivity contribution in [2.24, 2.45) is 0 Å². The molecule has 2 aromatic carbocycles. The largest absolute Gasteiger partial charge is 0.319 e. The average molecular weight is 491 g/mol. The predicted molar refractivity (Wildman–Crippen MR) is 116 cm³/mol. The van der Waals surface area contributed by atoms with Gasteiger partial charge in [-0.25, -0.2) is 0 Å². The maximum Gasteiger partial charge on any atom is 0.288 e. The summed E-state index contributed by atoms with van der Waals surface area (Å²) in [7, 11) is 0. The molecule has 154 valence electrons. The first-order valence-corrected chi connectivity index (χ1v) is 10.4. The van der Waals surface area contributed by atoms with Gasteiger partial charge < -0.3 is 4.57 Å². The lowest BCUT2D eigenvalue weighted by Crippen LogP contribution is -2.20. The van der Waals surface area contributed by atoms with Crippen molar-refractivity contribution in [3.63, 3.8) is 0 Å². The normalized spacial score (nSPS) is 10.7. The Bertz CT molecular complexity index is 1200. The van der Waals surface area contributed by atoms with Gasteiger partial charge in [0, 0.05) is 34.7 Å². The Labute approximate surface area is 183 Å². The minimum atomic E-state index is -0.476. The van der Waals surface area contributed by atoms with E-state index in [1.807, 2.05) is 0 Å². The van der Waals surface area contributed by atoms with Gasteiger partial charge in [-0.3, -0.25) is 25.0 Å². The molecule has 1 heterocycles. The number of para-hydroxylation sites is 2. The van der Waals surface area contributed by atoms with E-state index >= 15 is 0 Å². The lowest BCUT2D eigenvalue weighted by molar-refractivity contribution is -0.385. The molecule has 30 heavy (non-hydrogen) atoms. The highest BCUT2D eigenvalue weighted by Crippen LogP contribution is 2.29. The molecule has 0 amide bonds. The Hall–Kier alpha value is -3.05. The van der Waals surface area contributed by atoms with Gasteiger partial charge in [0.25, 0.3) is 16.9 Å². The van der Waals surface area contributed by atoms with Gasteiger partial charge in [-0.2, -0.15) is 4.98 Å². The van der Waals surface area contributed by atoms with Crippen LogP contribution >= 0.6 is 27.7 Å². The number of halogens is 1. The lowest BCUT2D eigenvalue weighted by atomic mass is 10.2. The summed E-state index contributed by atoms with van der Waals surface area (Å²) in [5, 5.41) is 22.9. The molecular formula is C19H15BrN4O5S. The van der Waals surface area contributed by atoms with Crippen molar-refractivity contribution in [3.05, 3.63) is 100 Å². The van der Waals surface area contributed by atoms with E-state index in [1.54, 1.807) is 47.9 Å². The Kier molecular flexibility index (Phi) is 6.63. The molecule has 0 fully saturated rings. The van der Waals surface area contributed by atoms with E-state index < -0.39 is 15.4 Å². The number of hydrogen-bond acceptors (Lipinski definition) is 7. The van der Waals surface area contributed by atoms with E-state index in [-0.39, 0.29) is 28.1 Å². The van der Waals surface area contributed by atoms with Gasteiger partial charge in [0.15, 0.2) is 5.16 Å². The molecule has 9 nitrogen and oxygen atoms in total. The monoisotopic (exact) mass is 490 g/mol. The number of hydrogen-bond donors (Lipinski definition) is 0. The van der Waals surface area contributed by atoms with Crippen LogP contribution in [0.25, 0.3) is 0 Å². The van der Waals surface area contributed by atoms with Crippen LogP contribution in [-0.2, 0) is 12.3 Å². The second-order valence-corrected chi connectivity index (χ2v) is 7.98. The first kappa shape index (κ1) is 21.7. The Balaban J connectivity index is 2.01. The summed E-state index contributed by atoms with van der Waals surface area (Å²) < 4.78 is 1.95. The van der Waals surface area contributed by atoms with Crippen molar-refractivity contribution >= 4 is 39.1 Å². The number of nitro benzene ring substituents is 2.